The zero-order valence-electron chi connectivity index (χ0n) is 18.1. The van der Waals surface area contributed by atoms with Crippen LogP contribution in [0.2, 0.25) is 0 Å². The molecule has 186 valence electrons. The maximum atomic E-state index is 12.7. The van der Waals surface area contributed by atoms with Crippen molar-refractivity contribution >= 4 is 41.5 Å². The van der Waals surface area contributed by atoms with Crippen molar-refractivity contribution in [2.45, 2.75) is 63.7 Å². The van der Waals surface area contributed by atoms with E-state index in [1.54, 1.807) is 0 Å². The van der Waals surface area contributed by atoms with Gasteiger partial charge in [-0.2, -0.15) is 0 Å². The van der Waals surface area contributed by atoms with E-state index < -0.39 is 90.9 Å². The molecule has 0 aliphatic carbocycles. The lowest BCUT2D eigenvalue weighted by Gasteiger charge is -2.26. The van der Waals surface area contributed by atoms with Gasteiger partial charge in [0.2, 0.25) is 23.6 Å². The first-order chi connectivity index (χ1) is 15.1. The van der Waals surface area contributed by atoms with E-state index >= 15 is 0 Å². The van der Waals surface area contributed by atoms with Crippen molar-refractivity contribution < 1.29 is 48.9 Å². The molecule has 15 heteroatoms. The number of amides is 4. The Labute approximate surface area is 188 Å². The normalized spacial score (nSPS) is 14.3. The number of rotatable bonds is 15. The van der Waals surface area contributed by atoms with Crippen LogP contribution in [-0.2, 0) is 33.6 Å². The van der Waals surface area contributed by atoms with Gasteiger partial charge in [-0.1, -0.05) is 13.8 Å². The summed E-state index contributed by atoms with van der Waals surface area (Å²) in [6.45, 7) is 3.01. The van der Waals surface area contributed by atoms with Crippen molar-refractivity contribution in [3.63, 3.8) is 0 Å². The fourth-order valence-corrected chi connectivity index (χ4v) is 2.55. The summed E-state index contributed by atoms with van der Waals surface area (Å²) in [7, 11) is 0. The Kier molecular flexibility index (Phi) is 12.1. The minimum Gasteiger partial charge on any atom is -0.481 e. The van der Waals surface area contributed by atoms with E-state index in [0.717, 1.165) is 0 Å². The van der Waals surface area contributed by atoms with Crippen molar-refractivity contribution in [2.24, 2.45) is 17.4 Å². The smallest absolute Gasteiger partial charge is 0.326 e. The van der Waals surface area contributed by atoms with Crippen LogP contribution in [0.4, 0.5) is 0 Å². The van der Waals surface area contributed by atoms with Crippen LogP contribution in [-0.4, -0.2) is 81.0 Å². The highest BCUT2D eigenvalue weighted by Crippen LogP contribution is 2.07. The molecule has 4 atom stereocenters. The molecule has 0 spiro atoms. The van der Waals surface area contributed by atoms with Gasteiger partial charge >= 0.3 is 17.9 Å². The summed E-state index contributed by atoms with van der Waals surface area (Å²) in [5, 5.41) is 33.3. The molecule has 0 aliphatic heterocycles. The Morgan fingerprint density at radius 2 is 1.30 bits per heavy atom. The van der Waals surface area contributed by atoms with Crippen LogP contribution in [0.15, 0.2) is 0 Å². The molecule has 15 nitrogen and oxygen atoms in total. The van der Waals surface area contributed by atoms with Crippen molar-refractivity contribution in [3.05, 3.63) is 0 Å². The zero-order valence-corrected chi connectivity index (χ0v) is 18.1. The van der Waals surface area contributed by atoms with Crippen LogP contribution >= 0.6 is 0 Å². The number of aliphatic carboxylic acids is 3. The highest BCUT2D eigenvalue weighted by atomic mass is 16.4. The van der Waals surface area contributed by atoms with Gasteiger partial charge in [-0.15, -0.1) is 0 Å². The fourth-order valence-electron chi connectivity index (χ4n) is 2.55. The summed E-state index contributed by atoms with van der Waals surface area (Å²) in [6, 6.07) is -5.98. The van der Waals surface area contributed by atoms with Gasteiger partial charge in [-0.3, -0.25) is 28.8 Å². The lowest BCUT2D eigenvalue weighted by molar-refractivity contribution is -0.147. The van der Waals surface area contributed by atoms with E-state index in [-0.39, 0.29) is 6.42 Å². The molecule has 0 aromatic carbocycles. The second-order valence-corrected chi connectivity index (χ2v) is 7.50. The molecule has 4 amide bonds. The number of hydrogen-bond acceptors (Lipinski definition) is 8. The van der Waals surface area contributed by atoms with Gasteiger partial charge in [0.15, 0.2) is 0 Å². The van der Waals surface area contributed by atoms with Gasteiger partial charge in [-0.25, -0.2) is 4.79 Å². The fraction of sp³-hybridized carbons (Fsp3) is 0.611. The molecular formula is C18H29N5O10. The molecule has 0 fully saturated rings. The first kappa shape index (κ1) is 29.2. The average Bonchev–Trinajstić information content (AvgIpc) is 2.66. The molecule has 0 saturated carbocycles. The van der Waals surface area contributed by atoms with Crippen LogP contribution in [0.5, 0.6) is 0 Å². The van der Waals surface area contributed by atoms with Crippen LogP contribution in [0.1, 0.15) is 39.5 Å². The van der Waals surface area contributed by atoms with Crippen LogP contribution in [0.3, 0.4) is 0 Å². The van der Waals surface area contributed by atoms with E-state index in [9.17, 15) is 33.6 Å². The van der Waals surface area contributed by atoms with E-state index in [1.807, 2.05) is 5.32 Å². The molecule has 0 heterocycles. The van der Waals surface area contributed by atoms with Gasteiger partial charge in [0.25, 0.3) is 0 Å². The molecule has 0 bridgehead atoms. The Balaban J connectivity index is 5.52. The number of carboxylic acids is 3. The minimum absolute atomic E-state index is 0.389. The van der Waals surface area contributed by atoms with E-state index in [1.165, 1.54) is 13.8 Å². The standard InChI is InChI=1S/C18H29N5O10/c1-7(2)14(17(31)22-10(18(32)33)6-13(27)28)23-16(30)9(3-4-12(25)26)21-15(29)8(19)5-11(20)24/h7-10,14H,3-6,19H2,1-2H3,(H2,20,24)(H,21,29)(H,22,31)(H,23,30)(H,25,26)(H,27,28)(H,32,33). The molecule has 0 aliphatic rings. The van der Waals surface area contributed by atoms with Crippen LogP contribution < -0.4 is 27.4 Å². The van der Waals surface area contributed by atoms with Gasteiger partial charge in [0.1, 0.15) is 18.1 Å². The number of carbonyl (C=O) groups excluding carboxylic acids is 4. The number of carboxylic acid groups (broad SMARTS) is 3. The highest BCUT2D eigenvalue weighted by Gasteiger charge is 2.32. The SMILES string of the molecule is CC(C)C(NC(=O)C(CCC(=O)O)NC(=O)C(N)CC(N)=O)C(=O)NC(CC(=O)O)C(=O)O. The second-order valence-electron chi connectivity index (χ2n) is 7.50. The van der Waals surface area contributed by atoms with Gasteiger partial charge in [-0.05, 0) is 12.3 Å². The van der Waals surface area contributed by atoms with E-state index in [2.05, 4.69) is 10.6 Å². The van der Waals surface area contributed by atoms with Crippen LogP contribution in [0, 0.1) is 5.92 Å². The monoisotopic (exact) mass is 475 g/mol. The van der Waals surface area contributed by atoms with Crippen molar-refractivity contribution in [2.75, 3.05) is 0 Å². The quantitative estimate of drug-likeness (QED) is 0.116. The van der Waals surface area contributed by atoms with Crippen molar-refractivity contribution in [3.8, 4) is 0 Å². The second kappa shape index (κ2) is 13.6. The number of hydrogen-bond donors (Lipinski definition) is 8. The molecule has 0 aromatic rings. The van der Waals surface area contributed by atoms with Gasteiger partial charge < -0.3 is 42.7 Å². The van der Waals surface area contributed by atoms with Gasteiger partial charge in [0, 0.05) is 6.42 Å². The summed E-state index contributed by atoms with van der Waals surface area (Å²) in [5.41, 5.74) is 10.5. The predicted molar refractivity (Wildman–Crippen MR) is 109 cm³/mol. The Morgan fingerprint density at radius 3 is 1.73 bits per heavy atom. The maximum Gasteiger partial charge on any atom is 0.326 e. The van der Waals surface area contributed by atoms with Gasteiger partial charge in [0.05, 0.1) is 18.9 Å². The summed E-state index contributed by atoms with van der Waals surface area (Å²) >= 11 is 0. The molecule has 10 N–H and O–H groups in total. The molecule has 0 rings (SSSR count). The third-order valence-corrected chi connectivity index (χ3v) is 4.28. The summed E-state index contributed by atoms with van der Waals surface area (Å²) in [6.07, 6.45) is -2.37. The predicted octanol–water partition coefficient (Wildman–Crippen LogP) is -3.28. The van der Waals surface area contributed by atoms with Crippen molar-refractivity contribution in [1.82, 2.24) is 16.0 Å². The molecule has 0 radical (unpaired) electrons. The molecule has 0 saturated heterocycles. The summed E-state index contributed by atoms with van der Waals surface area (Å²) in [5.74, 6) is -8.78. The Hall–Kier alpha value is -3.75. The maximum absolute atomic E-state index is 12.7. The van der Waals surface area contributed by atoms with E-state index in [0.29, 0.717) is 0 Å². The lowest BCUT2D eigenvalue weighted by atomic mass is 10.0. The zero-order chi connectivity index (χ0) is 25.9. The summed E-state index contributed by atoms with van der Waals surface area (Å²) in [4.78, 5) is 81.2. The lowest BCUT2D eigenvalue weighted by Crippen LogP contribution is -2.58. The first-order valence-corrected chi connectivity index (χ1v) is 9.77. The minimum atomic E-state index is -1.76. The van der Waals surface area contributed by atoms with Crippen molar-refractivity contribution in [1.29, 1.82) is 0 Å². The molecule has 0 aromatic heterocycles. The number of nitrogens with one attached hydrogen (secondary N) is 3. The summed E-state index contributed by atoms with van der Waals surface area (Å²) < 4.78 is 0. The number of carbonyl (C=O) groups is 7. The molecule has 4 unspecified atom stereocenters. The topological polar surface area (TPSA) is 268 Å². The molecular weight excluding hydrogens is 446 g/mol. The number of primary amides is 1. The third-order valence-electron chi connectivity index (χ3n) is 4.28. The number of nitrogens with two attached hydrogens (primary N) is 2. The van der Waals surface area contributed by atoms with Crippen LogP contribution in [0.25, 0.3) is 0 Å². The molecule has 33 heavy (non-hydrogen) atoms. The third kappa shape index (κ3) is 11.4. The van der Waals surface area contributed by atoms with E-state index in [4.69, 9.17) is 26.8 Å². The first-order valence-electron chi connectivity index (χ1n) is 9.77. The Bertz CT molecular complexity index is 785. The Morgan fingerprint density at radius 1 is 0.758 bits per heavy atom. The largest absolute Gasteiger partial charge is 0.481 e. The highest BCUT2D eigenvalue weighted by molar-refractivity contribution is 5.95. The average molecular weight is 475 g/mol.